The number of rotatable bonds is 6. The first-order valence-corrected chi connectivity index (χ1v) is 24.3. The molecular weight excluding hydrogens is 833 g/mol. The summed E-state index contributed by atoms with van der Waals surface area (Å²) in [6.45, 7) is 13.4. The van der Waals surface area contributed by atoms with Crippen molar-refractivity contribution in [3.63, 3.8) is 0 Å². The first kappa shape index (κ1) is 41.0. The Labute approximate surface area is 405 Å². The van der Waals surface area contributed by atoms with Gasteiger partial charge in [-0.1, -0.05) is 121 Å². The minimum absolute atomic E-state index is 0.569. The number of nitrogens with zero attached hydrogens (tertiary/aromatic N) is 2. The van der Waals surface area contributed by atoms with E-state index < -0.39 is 5.41 Å². The summed E-state index contributed by atoms with van der Waals surface area (Å²) in [5, 5.41) is 7.51. The summed E-state index contributed by atoms with van der Waals surface area (Å²) in [5.74, 6) is 0. The van der Waals surface area contributed by atoms with Crippen molar-refractivity contribution in [1.29, 1.82) is 0 Å². The molecule has 1 atom stereocenters. The lowest BCUT2D eigenvalue weighted by Crippen LogP contribution is -2.26. The number of benzene rings is 11. The van der Waals surface area contributed by atoms with Crippen LogP contribution in [0.2, 0.25) is 0 Å². The molecule has 13 rings (SSSR count). The molecule has 1 unspecified atom stereocenters. The van der Waals surface area contributed by atoms with E-state index in [0.717, 1.165) is 22.7 Å². The Hall–Kier alpha value is -8.20. The van der Waals surface area contributed by atoms with Crippen LogP contribution in [0.15, 0.2) is 206 Å². The van der Waals surface area contributed by atoms with Crippen molar-refractivity contribution in [2.45, 2.75) is 47.0 Å². The molecule has 0 N–H and O–H groups in total. The summed E-state index contributed by atoms with van der Waals surface area (Å²) in [4.78, 5) is 4.84. The van der Waals surface area contributed by atoms with Crippen molar-refractivity contribution < 1.29 is 0 Å². The highest BCUT2D eigenvalue weighted by Crippen LogP contribution is 2.65. The van der Waals surface area contributed by atoms with Crippen LogP contribution in [0.1, 0.15) is 55.6 Å². The Morgan fingerprint density at radius 2 is 0.826 bits per heavy atom. The molecule has 0 bridgehead atoms. The van der Waals surface area contributed by atoms with Crippen LogP contribution in [0.4, 0.5) is 34.1 Å². The highest BCUT2D eigenvalue weighted by Gasteiger charge is 2.53. The standard InChI is InChI=1S/C67H52N2/c1-41-33-55(34-42(2)45(41)5)68(51-18-9-7-10-19-51)53-28-25-48-39-61-59-30-26-49-37-54(69(52-20-11-8-12-21-52)56-35-43(3)46(6)44(4)36-56)29-31-58(49)66(59)67(64(61)40-50(48)38-53)62-24-16-15-23-60(62)65-57-22-14-13-17-47(57)27-32-63(65)67/h7-40H,1-6H3. The largest absolute Gasteiger partial charge is 0.310 e. The lowest BCUT2D eigenvalue weighted by atomic mass is 9.69. The molecule has 2 heteroatoms. The Balaban J connectivity index is 1.08. The average Bonchev–Trinajstić information content (AvgIpc) is 3.84. The fourth-order valence-corrected chi connectivity index (χ4v) is 12.1. The molecule has 0 saturated carbocycles. The molecule has 0 aromatic heterocycles. The summed E-state index contributed by atoms with van der Waals surface area (Å²) in [6.07, 6.45) is 0. The van der Waals surface area contributed by atoms with Gasteiger partial charge in [-0.3, -0.25) is 0 Å². The quantitative estimate of drug-likeness (QED) is 0.164. The van der Waals surface area contributed by atoms with Crippen molar-refractivity contribution >= 4 is 66.4 Å². The van der Waals surface area contributed by atoms with Crippen LogP contribution in [-0.4, -0.2) is 0 Å². The van der Waals surface area contributed by atoms with E-state index >= 15 is 0 Å². The van der Waals surface area contributed by atoms with Gasteiger partial charge in [0.15, 0.2) is 0 Å². The van der Waals surface area contributed by atoms with E-state index in [9.17, 15) is 0 Å². The number of hydrogen-bond donors (Lipinski definition) is 0. The first-order chi connectivity index (χ1) is 33.7. The van der Waals surface area contributed by atoms with Crippen molar-refractivity contribution in [2.75, 3.05) is 9.80 Å². The number of anilines is 6. The molecule has 11 aromatic rings. The maximum Gasteiger partial charge on any atom is 0.0731 e. The van der Waals surface area contributed by atoms with Crippen LogP contribution < -0.4 is 9.80 Å². The van der Waals surface area contributed by atoms with Gasteiger partial charge in [-0.25, -0.2) is 0 Å². The molecule has 69 heavy (non-hydrogen) atoms. The van der Waals surface area contributed by atoms with Gasteiger partial charge in [0.05, 0.1) is 5.41 Å². The monoisotopic (exact) mass is 884 g/mol. The second kappa shape index (κ2) is 15.4. The lowest BCUT2D eigenvalue weighted by molar-refractivity contribution is 0.803. The van der Waals surface area contributed by atoms with Crippen LogP contribution in [0.5, 0.6) is 0 Å². The maximum atomic E-state index is 2.55. The molecule has 0 amide bonds. The Kier molecular flexibility index (Phi) is 9.17. The Bertz CT molecular complexity index is 3870. The van der Waals surface area contributed by atoms with E-state index in [4.69, 9.17) is 0 Å². The van der Waals surface area contributed by atoms with Crippen LogP contribution in [0.25, 0.3) is 54.6 Å². The summed E-state index contributed by atoms with van der Waals surface area (Å²) in [7, 11) is 0. The lowest BCUT2D eigenvalue weighted by Gasteiger charge is -2.32. The third-order valence-electron chi connectivity index (χ3n) is 15.9. The minimum Gasteiger partial charge on any atom is -0.310 e. The SMILES string of the molecule is Cc1cc(N(c2ccccc2)c2ccc3cc4c(cc3c2)C2(c3ccccc3-c3c2ccc2ccccc32)c2c-4ccc3cc(N(c4ccccc4)c4cc(C)c(C)c(C)c4)ccc23)cc(C)c1C. The summed E-state index contributed by atoms with van der Waals surface area (Å²) >= 11 is 0. The van der Waals surface area contributed by atoms with E-state index in [1.54, 1.807) is 0 Å². The predicted molar refractivity (Wildman–Crippen MR) is 293 cm³/mol. The molecule has 0 fully saturated rings. The van der Waals surface area contributed by atoms with Crippen molar-refractivity contribution in [2.24, 2.45) is 0 Å². The normalized spacial score (nSPS) is 14.3. The molecule has 0 heterocycles. The van der Waals surface area contributed by atoms with Gasteiger partial charge < -0.3 is 9.80 Å². The summed E-state index contributed by atoms with van der Waals surface area (Å²) < 4.78 is 0. The highest BCUT2D eigenvalue weighted by atomic mass is 15.1. The predicted octanol–water partition coefficient (Wildman–Crippen LogP) is 18.3. The Morgan fingerprint density at radius 3 is 1.48 bits per heavy atom. The number of para-hydroxylation sites is 2. The molecule has 2 aliphatic carbocycles. The molecule has 0 saturated heterocycles. The highest BCUT2D eigenvalue weighted by molar-refractivity contribution is 6.11. The molecule has 1 spiro atoms. The Morgan fingerprint density at radius 1 is 0.290 bits per heavy atom. The van der Waals surface area contributed by atoms with E-state index in [2.05, 4.69) is 258 Å². The summed E-state index contributed by atoms with van der Waals surface area (Å²) in [5.41, 5.74) is 24.8. The molecule has 11 aromatic carbocycles. The van der Waals surface area contributed by atoms with Crippen LogP contribution in [0, 0.1) is 41.5 Å². The van der Waals surface area contributed by atoms with E-state index in [1.165, 1.54) is 122 Å². The van der Waals surface area contributed by atoms with Gasteiger partial charge >= 0.3 is 0 Å². The summed E-state index contributed by atoms with van der Waals surface area (Å²) in [6, 6.07) is 78.1. The van der Waals surface area contributed by atoms with Gasteiger partial charge in [0, 0.05) is 34.1 Å². The number of hydrogen-bond acceptors (Lipinski definition) is 2. The molecule has 330 valence electrons. The smallest absolute Gasteiger partial charge is 0.0731 e. The fourth-order valence-electron chi connectivity index (χ4n) is 12.1. The van der Waals surface area contributed by atoms with Crippen LogP contribution in [0.3, 0.4) is 0 Å². The van der Waals surface area contributed by atoms with E-state index in [1.807, 2.05) is 0 Å². The van der Waals surface area contributed by atoms with Gasteiger partial charge in [-0.2, -0.15) is 0 Å². The third kappa shape index (κ3) is 6.04. The molecular formula is C67H52N2. The zero-order chi connectivity index (χ0) is 46.7. The van der Waals surface area contributed by atoms with E-state index in [0.29, 0.717) is 0 Å². The average molecular weight is 885 g/mol. The van der Waals surface area contributed by atoms with E-state index in [-0.39, 0.29) is 0 Å². The second-order valence-corrected chi connectivity index (χ2v) is 19.6. The zero-order valence-electron chi connectivity index (χ0n) is 40.0. The van der Waals surface area contributed by atoms with Crippen molar-refractivity contribution in [3.8, 4) is 22.3 Å². The first-order valence-electron chi connectivity index (χ1n) is 24.3. The van der Waals surface area contributed by atoms with Gasteiger partial charge in [0.25, 0.3) is 0 Å². The molecule has 2 nitrogen and oxygen atoms in total. The van der Waals surface area contributed by atoms with Crippen molar-refractivity contribution in [3.05, 3.63) is 262 Å². The topological polar surface area (TPSA) is 6.48 Å². The van der Waals surface area contributed by atoms with Crippen LogP contribution >= 0.6 is 0 Å². The van der Waals surface area contributed by atoms with Crippen molar-refractivity contribution in [1.82, 2.24) is 0 Å². The van der Waals surface area contributed by atoms with Gasteiger partial charge in [-0.05, 0) is 237 Å². The molecule has 0 aliphatic heterocycles. The maximum absolute atomic E-state index is 2.55. The van der Waals surface area contributed by atoms with Crippen LogP contribution in [-0.2, 0) is 5.41 Å². The molecule has 0 radical (unpaired) electrons. The van der Waals surface area contributed by atoms with Gasteiger partial charge in [0.2, 0.25) is 0 Å². The van der Waals surface area contributed by atoms with Gasteiger partial charge in [0.1, 0.15) is 0 Å². The number of fused-ring (bicyclic) bond motifs is 15. The fraction of sp³-hybridized carbons (Fsp3) is 0.104. The third-order valence-corrected chi connectivity index (χ3v) is 15.9. The molecule has 2 aliphatic rings. The minimum atomic E-state index is -0.569. The second-order valence-electron chi connectivity index (χ2n) is 19.6. The van der Waals surface area contributed by atoms with Gasteiger partial charge in [-0.15, -0.1) is 0 Å². The zero-order valence-corrected chi connectivity index (χ0v) is 40.0. The number of aryl methyl sites for hydroxylation is 4.